The van der Waals surface area contributed by atoms with Gasteiger partial charge in [-0.2, -0.15) is 0 Å². The molecular weight excluding hydrogens is 192 g/mol. The van der Waals surface area contributed by atoms with Crippen molar-refractivity contribution in [1.29, 1.82) is 0 Å². The van der Waals surface area contributed by atoms with Gasteiger partial charge in [0.25, 0.3) is 0 Å². The van der Waals surface area contributed by atoms with Gasteiger partial charge in [-0.3, -0.25) is 0 Å². The molecule has 0 atom stereocenters. The minimum atomic E-state index is 0.726. The maximum Gasteiger partial charge on any atom is 0.242 e. The number of hydrogen-bond donors (Lipinski definition) is 2. The number of nitrogens with one attached hydrogen (secondary N) is 2. The Labute approximate surface area is 88.7 Å². The van der Waals surface area contributed by atoms with Crippen LogP contribution >= 0.6 is 0 Å². The van der Waals surface area contributed by atoms with Gasteiger partial charge in [0.2, 0.25) is 5.95 Å². The van der Waals surface area contributed by atoms with Gasteiger partial charge in [-0.05, 0) is 29.8 Å². The van der Waals surface area contributed by atoms with Gasteiger partial charge >= 0.3 is 0 Å². The van der Waals surface area contributed by atoms with Crippen LogP contribution in [0.4, 0.5) is 5.95 Å². The third-order valence-corrected chi connectivity index (χ3v) is 2.51. The Kier molecular flexibility index (Phi) is 3.29. The van der Waals surface area contributed by atoms with Crippen molar-refractivity contribution in [1.82, 2.24) is 25.5 Å². The van der Waals surface area contributed by atoms with Crippen LogP contribution in [-0.2, 0) is 7.05 Å². The Bertz CT molecular complexity index is 342. The molecule has 2 N–H and O–H groups in total. The van der Waals surface area contributed by atoms with Crippen LogP contribution in [0.2, 0.25) is 0 Å². The van der Waals surface area contributed by atoms with Crippen LogP contribution in [0.25, 0.3) is 0 Å². The summed E-state index contributed by atoms with van der Waals surface area (Å²) >= 11 is 0. The molecule has 15 heavy (non-hydrogen) atoms. The van der Waals surface area contributed by atoms with Crippen LogP contribution in [0.15, 0.2) is 11.6 Å². The molecule has 0 saturated heterocycles. The molecule has 1 aliphatic heterocycles. The van der Waals surface area contributed by atoms with Gasteiger partial charge < -0.3 is 10.6 Å². The van der Waals surface area contributed by atoms with Gasteiger partial charge in [0.15, 0.2) is 0 Å². The first kappa shape index (κ1) is 10.1. The molecule has 6 heteroatoms. The molecule has 0 radical (unpaired) electrons. The molecule has 2 heterocycles. The van der Waals surface area contributed by atoms with E-state index in [9.17, 15) is 0 Å². The third-order valence-electron chi connectivity index (χ3n) is 2.51. The summed E-state index contributed by atoms with van der Waals surface area (Å²) in [5.74, 6) is 0.726. The average molecular weight is 208 g/mol. The number of nitrogens with zero attached hydrogens (tertiary/aromatic N) is 4. The summed E-state index contributed by atoms with van der Waals surface area (Å²) in [6.07, 6.45) is 4.48. The van der Waals surface area contributed by atoms with E-state index in [2.05, 4.69) is 32.2 Å². The normalized spacial score (nSPS) is 16.2. The standard InChI is InChI=1S/C9H16N6/c1-15-9(12-13-14-15)11-7-4-8-2-5-10-6-3-8/h2,10H,3-7H2,1H3,(H,11,12,14). The second kappa shape index (κ2) is 4.88. The smallest absolute Gasteiger partial charge is 0.242 e. The maximum atomic E-state index is 3.86. The van der Waals surface area contributed by atoms with Crippen LogP contribution < -0.4 is 10.6 Å². The van der Waals surface area contributed by atoms with Crippen molar-refractivity contribution in [3.8, 4) is 0 Å². The van der Waals surface area contributed by atoms with E-state index in [4.69, 9.17) is 0 Å². The van der Waals surface area contributed by atoms with Crippen LogP contribution in [0.3, 0.4) is 0 Å². The molecule has 6 nitrogen and oxygen atoms in total. The Morgan fingerprint density at radius 1 is 1.60 bits per heavy atom. The quantitative estimate of drug-likeness (QED) is 0.678. The maximum absolute atomic E-state index is 3.86. The fraction of sp³-hybridized carbons (Fsp3) is 0.667. The lowest BCUT2D eigenvalue weighted by Crippen LogP contribution is -2.21. The number of tetrazole rings is 1. The number of rotatable bonds is 4. The van der Waals surface area contributed by atoms with Crippen molar-refractivity contribution in [3.05, 3.63) is 11.6 Å². The van der Waals surface area contributed by atoms with E-state index in [0.29, 0.717) is 0 Å². The molecule has 0 fully saturated rings. The summed E-state index contributed by atoms with van der Waals surface area (Å²) in [5.41, 5.74) is 1.51. The van der Waals surface area contributed by atoms with E-state index < -0.39 is 0 Å². The van der Waals surface area contributed by atoms with E-state index in [1.807, 2.05) is 7.05 Å². The van der Waals surface area contributed by atoms with Gasteiger partial charge in [0, 0.05) is 20.1 Å². The Morgan fingerprint density at radius 2 is 2.53 bits per heavy atom. The number of anilines is 1. The summed E-state index contributed by atoms with van der Waals surface area (Å²) in [5, 5.41) is 17.7. The molecule has 0 bridgehead atoms. The number of hydrogen-bond acceptors (Lipinski definition) is 5. The van der Waals surface area contributed by atoms with Gasteiger partial charge in [0.1, 0.15) is 0 Å². The Balaban J connectivity index is 1.75. The summed E-state index contributed by atoms with van der Waals surface area (Å²) in [6, 6.07) is 0. The lowest BCUT2D eigenvalue weighted by Gasteiger charge is -2.13. The van der Waals surface area contributed by atoms with Crippen molar-refractivity contribution in [2.24, 2.45) is 7.05 Å². The molecule has 0 spiro atoms. The molecule has 1 aromatic heterocycles. The zero-order valence-electron chi connectivity index (χ0n) is 8.90. The zero-order chi connectivity index (χ0) is 10.5. The first-order chi connectivity index (χ1) is 7.36. The third kappa shape index (κ3) is 2.76. The minimum Gasteiger partial charge on any atom is -0.353 e. The number of aryl methyl sites for hydroxylation is 1. The van der Waals surface area contributed by atoms with Gasteiger partial charge in [-0.25, -0.2) is 4.68 Å². The fourth-order valence-electron chi connectivity index (χ4n) is 1.61. The number of aromatic nitrogens is 4. The van der Waals surface area contributed by atoms with Crippen molar-refractivity contribution < 1.29 is 0 Å². The summed E-state index contributed by atoms with van der Waals surface area (Å²) in [4.78, 5) is 0. The van der Waals surface area contributed by atoms with Crippen molar-refractivity contribution in [3.63, 3.8) is 0 Å². The van der Waals surface area contributed by atoms with E-state index in [0.717, 1.165) is 38.4 Å². The van der Waals surface area contributed by atoms with Crippen LogP contribution in [0.1, 0.15) is 12.8 Å². The van der Waals surface area contributed by atoms with Gasteiger partial charge in [-0.1, -0.05) is 16.7 Å². The Morgan fingerprint density at radius 3 is 3.20 bits per heavy atom. The molecule has 0 aromatic carbocycles. The van der Waals surface area contributed by atoms with Crippen molar-refractivity contribution >= 4 is 5.95 Å². The summed E-state index contributed by atoms with van der Waals surface area (Å²) in [6.45, 7) is 2.98. The van der Waals surface area contributed by atoms with Crippen molar-refractivity contribution in [2.75, 3.05) is 25.0 Å². The molecule has 2 rings (SSSR count). The molecule has 0 aliphatic carbocycles. The molecular formula is C9H16N6. The highest BCUT2D eigenvalue weighted by Crippen LogP contribution is 2.09. The van der Waals surface area contributed by atoms with Crippen LogP contribution in [0, 0.1) is 0 Å². The molecule has 1 aromatic rings. The van der Waals surface area contributed by atoms with E-state index in [-0.39, 0.29) is 0 Å². The lowest BCUT2D eigenvalue weighted by molar-refractivity contribution is 0.680. The second-order valence-electron chi connectivity index (χ2n) is 3.62. The molecule has 0 unspecified atom stereocenters. The monoisotopic (exact) mass is 208 g/mol. The highest BCUT2D eigenvalue weighted by molar-refractivity contribution is 5.21. The molecule has 1 aliphatic rings. The first-order valence-electron chi connectivity index (χ1n) is 5.21. The largest absolute Gasteiger partial charge is 0.353 e. The SMILES string of the molecule is Cn1nnnc1NCCC1=CCNCC1. The molecule has 0 amide bonds. The van der Waals surface area contributed by atoms with E-state index in [1.165, 1.54) is 5.57 Å². The highest BCUT2D eigenvalue weighted by atomic mass is 15.6. The van der Waals surface area contributed by atoms with Crippen LogP contribution in [-0.4, -0.2) is 39.8 Å². The van der Waals surface area contributed by atoms with Crippen molar-refractivity contribution in [2.45, 2.75) is 12.8 Å². The summed E-state index contributed by atoms with van der Waals surface area (Å²) < 4.78 is 1.64. The van der Waals surface area contributed by atoms with Gasteiger partial charge in [0.05, 0.1) is 0 Å². The zero-order valence-corrected chi connectivity index (χ0v) is 8.90. The topological polar surface area (TPSA) is 67.7 Å². The highest BCUT2D eigenvalue weighted by Gasteiger charge is 2.04. The van der Waals surface area contributed by atoms with Gasteiger partial charge in [-0.15, -0.1) is 0 Å². The summed E-state index contributed by atoms with van der Waals surface area (Å²) in [7, 11) is 1.83. The Hall–Kier alpha value is -1.43. The minimum absolute atomic E-state index is 0.726. The first-order valence-corrected chi connectivity index (χ1v) is 5.21. The van der Waals surface area contributed by atoms with E-state index >= 15 is 0 Å². The molecule has 82 valence electrons. The average Bonchev–Trinajstić information content (AvgIpc) is 2.66. The molecule has 0 saturated carbocycles. The predicted molar refractivity (Wildman–Crippen MR) is 57.5 cm³/mol. The predicted octanol–water partition coefficient (Wildman–Crippen LogP) is -0.0682. The van der Waals surface area contributed by atoms with E-state index in [1.54, 1.807) is 4.68 Å². The second-order valence-corrected chi connectivity index (χ2v) is 3.62. The lowest BCUT2D eigenvalue weighted by atomic mass is 10.1. The van der Waals surface area contributed by atoms with Crippen LogP contribution in [0.5, 0.6) is 0 Å². The fourth-order valence-corrected chi connectivity index (χ4v) is 1.61.